The van der Waals surface area contributed by atoms with Crippen molar-refractivity contribution >= 4 is 17.4 Å². The molecule has 2 aromatic rings. The fraction of sp³-hybridized carbons (Fsp3) is 0.0714. The van der Waals surface area contributed by atoms with Gasteiger partial charge < -0.3 is 0 Å². The zero-order chi connectivity index (χ0) is 13.3. The second-order valence-electron chi connectivity index (χ2n) is 3.85. The molecule has 0 fully saturated rings. The molecule has 0 heterocycles. The van der Waals surface area contributed by atoms with Crippen LogP contribution in [-0.2, 0) is 0 Å². The van der Waals surface area contributed by atoms with Crippen molar-refractivity contribution in [2.45, 2.75) is 6.92 Å². The molecule has 0 amide bonds. The van der Waals surface area contributed by atoms with Gasteiger partial charge in [0, 0.05) is 0 Å². The van der Waals surface area contributed by atoms with Crippen LogP contribution in [0.3, 0.4) is 0 Å². The molecule has 4 heteroatoms. The van der Waals surface area contributed by atoms with Gasteiger partial charge in [0.2, 0.25) is 0 Å². The standard InChI is InChI=1S/C14H9ClF2O/c1-8(18)14-10(3-2-4-13(14)17)9-5-6-12(16)11(15)7-9/h2-7H,1H3. The van der Waals surface area contributed by atoms with Gasteiger partial charge in [-0.05, 0) is 36.2 Å². The van der Waals surface area contributed by atoms with Gasteiger partial charge in [-0.25, -0.2) is 8.78 Å². The van der Waals surface area contributed by atoms with Crippen LogP contribution in [0.1, 0.15) is 17.3 Å². The van der Waals surface area contributed by atoms with Gasteiger partial charge in [-0.2, -0.15) is 0 Å². The van der Waals surface area contributed by atoms with E-state index in [1.165, 1.54) is 37.3 Å². The third-order valence-electron chi connectivity index (χ3n) is 2.60. The Morgan fingerprint density at radius 1 is 1.11 bits per heavy atom. The first-order chi connectivity index (χ1) is 8.50. The Kier molecular flexibility index (Phi) is 3.43. The quantitative estimate of drug-likeness (QED) is 0.732. The third-order valence-corrected chi connectivity index (χ3v) is 2.89. The molecule has 0 aliphatic heterocycles. The molecule has 0 unspecified atom stereocenters. The summed E-state index contributed by atoms with van der Waals surface area (Å²) in [7, 11) is 0. The summed E-state index contributed by atoms with van der Waals surface area (Å²) in [6.45, 7) is 1.28. The normalized spacial score (nSPS) is 10.4. The van der Waals surface area contributed by atoms with E-state index in [9.17, 15) is 13.6 Å². The summed E-state index contributed by atoms with van der Waals surface area (Å²) in [6, 6.07) is 8.33. The number of ketones is 1. The van der Waals surface area contributed by atoms with Crippen LogP contribution in [0.25, 0.3) is 11.1 Å². The summed E-state index contributed by atoms with van der Waals surface area (Å²) in [5.41, 5.74) is 0.899. The minimum Gasteiger partial charge on any atom is -0.294 e. The minimum absolute atomic E-state index is 0.0137. The summed E-state index contributed by atoms with van der Waals surface area (Å²) in [6.07, 6.45) is 0. The highest BCUT2D eigenvalue weighted by Crippen LogP contribution is 2.29. The SMILES string of the molecule is CC(=O)c1c(F)cccc1-c1ccc(F)c(Cl)c1. The Bertz CT molecular complexity index is 623. The molecule has 0 aliphatic carbocycles. The van der Waals surface area contributed by atoms with Gasteiger partial charge in [-0.15, -0.1) is 0 Å². The average Bonchev–Trinajstić information content (AvgIpc) is 2.32. The van der Waals surface area contributed by atoms with E-state index < -0.39 is 11.6 Å². The predicted octanol–water partition coefficient (Wildman–Crippen LogP) is 4.49. The Morgan fingerprint density at radius 3 is 2.44 bits per heavy atom. The topological polar surface area (TPSA) is 17.1 Å². The monoisotopic (exact) mass is 266 g/mol. The first-order valence-electron chi connectivity index (χ1n) is 5.25. The summed E-state index contributed by atoms with van der Waals surface area (Å²) < 4.78 is 26.7. The second kappa shape index (κ2) is 4.86. The van der Waals surface area contributed by atoms with Crippen molar-refractivity contribution in [3.63, 3.8) is 0 Å². The first-order valence-corrected chi connectivity index (χ1v) is 5.63. The molecule has 0 bridgehead atoms. The number of Topliss-reactive ketones (excluding diaryl/α,β-unsaturated/α-hetero) is 1. The lowest BCUT2D eigenvalue weighted by molar-refractivity contribution is 0.101. The van der Waals surface area contributed by atoms with Crippen LogP contribution in [0.4, 0.5) is 8.78 Å². The highest BCUT2D eigenvalue weighted by molar-refractivity contribution is 6.31. The third kappa shape index (κ3) is 2.27. The van der Waals surface area contributed by atoms with Crippen LogP contribution in [0.2, 0.25) is 5.02 Å². The number of halogens is 3. The molecular weight excluding hydrogens is 258 g/mol. The summed E-state index contributed by atoms with van der Waals surface area (Å²) in [5, 5.41) is -0.0636. The molecular formula is C14H9ClF2O. The minimum atomic E-state index is -0.597. The number of benzene rings is 2. The molecule has 92 valence electrons. The Morgan fingerprint density at radius 2 is 1.83 bits per heavy atom. The predicted molar refractivity (Wildman–Crippen MR) is 66.8 cm³/mol. The molecule has 0 saturated heterocycles. The maximum atomic E-state index is 13.6. The summed E-state index contributed by atoms with van der Waals surface area (Å²) in [4.78, 5) is 11.5. The van der Waals surface area contributed by atoms with Crippen molar-refractivity contribution in [2.75, 3.05) is 0 Å². The van der Waals surface area contributed by atoms with E-state index in [-0.39, 0.29) is 16.4 Å². The number of rotatable bonds is 2. The highest BCUT2D eigenvalue weighted by Gasteiger charge is 2.15. The van der Waals surface area contributed by atoms with Crippen molar-refractivity contribution in [2.24, 2.45) is 0 Å². The van der Waals surface area contributed by atoms with E-state index in [1.54, 1.807) is 6.07 Å². The van der Waals surface area contributed by atoms with Crippen molar-refractivity contribution < 1.29 is 13.6 Å². The highest BCUT2D eigenvalue weighted by atomic mass is 35.5. The van der Waals surface area contributed by atoms with E-state index in [1.807, 2.05) is 0 Å². The molecule has 1 nitrogen and oxygen atoms in total. The maximum absolute atomic E-state index is 13.6. The molecule has 0 saturated carbocycles. The van der Waals surface area contributed by atoms with Gasteiger partial charge in [0.25, 0.3) is 0 Å². The summed E-state index contributed by atoms with van der Waals surface area (Å²) >= 11 is 5.68. The molecule has 0 atom stereocenters. The molecule has 0 aromatic heterocycles. The zero-order valence-corrected chi connectivity index (χ0v) is 10.3. The van der Waals surface area contributed by atoms with E-state index in [0.29, 0.717) is 11.1 Å². The molecule has 0 spiro atoms. The van der Waals surface area contributed by atoms with Gasteiger partial charge in [0.05, 0.1) is 10.6 Å². The largest absolute Gasteiger partial charge is 0.294 e. The lowest BCUT2D eigenvalue weighted by Crippen LogP contribution is -2.00. The van der Waals surface area contributed by atoms with Crippen LogP contribution in [-0.4, -0.2) is 5.78 Å². The molecule has 0 N–H and O–H groups in total. The number of hydrogen-bond donors (Lipinski definition) is 0. The van der Waals surface area contributed by atoms with Crippen LogP contribution >= 0.6 is 11.6 Å². The lowest BCUT2D eigenvalue weighted by atomic mass is 9.97. The number of hydrogen-bond acceptors (Lipinski definition) is 1. The van der Waals surface area contributed by atoms with Crippen LogP contribution < -0.4 is 0 Å². The van der Waals surface area contributed by atoms with E-state index in [4.69, 9.17) is 11.6 Å². The van der Waals surface area contributed by atoms with Crippen molar-refractivity contribution in [3.05, 3.63) is 58.6 Å². The van der Waals surface area contributed by atoms with Crippen LogP contribution in [0.15, 0.2) is 36.4 Å². The smallest absolute Gasteiger partial charge is 0.163 e. The molecule has 0 aliphatic rings. The fourth-order valence-corrected chi connectivity index (χ4v) is 1.97. The van der Waals surface area contributed by atoms with E-state index >= 15 is 0 Å². The lowest BCUT2D eigenvalue weighted by Gasteiger charge is -2.08. The van der Waals surface area contributed by atoms with Crippen molar-refractivity contribution in [3.8, 4) is 11.1 Å². The number of carbonyl (C=O) groups excluding carboxylic acids is 1. The Labute approximate surface area is 108 Å². The number of carbonyl (C=O) groups is 1. The van der Waals surface area contributed by atoms with E-state index in [0.717, 1.165) is 0 Å². The van der Waals surface area contributed by atoms with Crippen LogP contribution in [0.5, 0.6) is 0 Å². The molecule has 2 aromatic carbocycles. The van der Waals surface area contributed by atoms with Gasteiger partial charge in [-0.1, -0.05) is 29.8 Å². The van der Waals surface area contributed by atoms with Crippen molar-refractivity contribution in [1.82, 2.24) is 0 Å². The fourth-order valence-electron chi connectivity index (χ4n) is 1.79. The van der Waals surface area contributed by atoms with Gasteiger partial charge in [-0.3, -0.25) is 4.79 Å². The Hall–Kier alpha value is -1.74. The first kappa shape index (κ1) is 12.7. The second-order valence-corrected chi connectivity index (χ2v) is 4.25. The van der Waals surface area contributed by atoms with Crippen molar-refractivity contribution in [1.29, 1.82) is 0 Å². The average molecular weight is 267 g/mol. The molecule has 2 rings (SSSR count). The maximum Gasteiger partial charge on any atom is 0.163 e. The molecule has 18 heavy (non-hydrogen) atoms. The van der Waals surface area contributed by atoms with Gasteiger partial charge >= 0.3 is 0 Å². The van der Waals surface area contributed by atoms with Gasteiger partial charge in [0.15, 0.2) is 5.78 Å². The Balaban J connectivity index is 2.67. The summed E-state index contributed by atoms with van der Waals surface area (Å²) in [5.74, 6) is -1.54. The van der Waals surface area contributed by atoms with Gasteiger partial charge in [0.1, 0.15) is 11.6 Å². The van der Waals surface area contributed by atoms with Crippen LogP contribution in [0, 0.1) is 11.6 Å². The van der Waals surface area contributed by atoms with E-state index in [2.05, 4.69) is 0 Å². The molecule has 0 radical (unpaired) electrons. The zero-order valence-electron chi connectivity index (χ0n) is 9.51.